The molecule has 158 valence electrons. The zero-order chi connectivity index (χ0) is 21.7. The first-order chi connectivity index (χ1) is 15.7. The molecule has 0 fully saturated rings. The molecule has 2 aromatic carbocycles. The van der Waals surface area contributed by atoms with Gasteiger partial charge >= 0.3 is 0 Å². The third-order valence-corrected chi connectivity index (χ3v) is 6.30. The summed E-state index contributed by atoms with van der Waals surface area (Å²) >= 11 is 0. The molecule has 0 aliphatic carbocycles. The summed E-state index contributed by atoms with van der Waals surface area (Å²) in [5.74, 6) is 1.42. The summed E-state index contributed by atoms with van der Waals surface area (Å²) in [6.45, 7) is 4.52. The number of nitrogens with two attached hydrogens (primary N) is 1. The van der Waals surface area contributed by atoms with Crippen LogP contribution in [-0.2, 0) is 19.5 Å². The summed E-state index contributed by atoms with van der Waals surface area (Å²) in [7, 11) is 0. The third kappa shape index (κ3) is 3.05. The van der Waals surface area contributed by atoms with Gasteiger partial charge in [-0.3, -0.25) is 0 Å². The molecular weight excluding hydrogens is 398 g/mol. The SMILES string of the molecule is Cc1cccc2cc(Cn3cnc4c(N)ncnc43)c(N3CCc4ccccc4C3)nc12. The van der Waals surface area contributed by atoms with Gasteiger partial charge in [-0.05, 0) is 36.1 Å². The van der Waals surface area contributed by atoms with Crippen molar-refractivity contribution in [3.8, 4) is 0 Å². The van der Waals surface area contributed by atoms with E-state index in [0.717, 1.165) is 47.4 Å². The average Bonchev–Trinajstić information content (AvgIpc) is 3.23. The van der Waals surface area contributed by atoms with Crippen LogP contribution in [0.25, 0.3) is 22.1 Å². The molecule has 4 heterocycles. The minimum Gasteiger partial charge on any atom is -0.382 e. The number of nitrogen functional groups attached to an aromatic ring is 1. The first kappa shape index (κ1) is 18.7. The molecule has 7 heteroatoms. The Labute approximate surface area is 185 Å². The minimum atomic E-state index is 0.397. The first-order valence-electron chi connectivity index (χ1n) is 10.8. The van der Waals surface area contributed by atoms with Gasteiger partial charge in [-0.25, -0.2) is 19.9 Å². The zero-order valence-corrected chi connectivity index (χ0v) is 17.9. The van der Waals surface area contributed by atoms with Gasteiger partial charge < -0.3 is 15.2 Å². The molecule has 3 aromatic heterocycles. The molecule has 32 heavy (non-hydrogen) atoms. The summed E-state index contributed by atoms with van der Waals surface area (Å²) in [4.78, 5) is 20.5. The number of nitrogens with zero attached hydrogens (tertiary/aromatic N) is 6. The molecule has 1 aliphatic rings. The molecule has 0 amide bonds. The Hall–Kier alpha value is -4.00. The molecule has 0 radical (unpaired) electrons. The Kier molecular flexibility index (Phi) is 4.28. The number of anilines is 2. The van der Waals surface area contributed by atoms with E-state index < -0.39 is 0 Å². The average molecular weight is 422 g/mol. The lowest BCUT2D eigenvalue weighted by atomic mass is 9.99. The Morgan fingerprint density at radius 1 is 0.969 bits per heavy atom. The van der Waals surface area contributed by atoms with E-state index in [-0.39, 0.29) is 0 Å². The van der Waals surface area contributed by atoms with Crippen LogP contribution in [-0.4, -0.2) is 31.0 Å². The molecule has 0 saturated carbocycles. The minimum absolute atomic E-state index is 0.397. The Morgan fingerprint density at radius 3 is 2.75 bits per heavy atom. The van der Waals surface area contributed by atoms with Gasteiger partial charge in [0.05, 0.1) is 18.4 Å². The van der Waals surface area contributed by atoms with Gasteiger partial charge in [0.25, 0.3) is 0 Å². The normalized spacial score (nSPS) is 13.6. The van der Waals surface area contributed by atoms with Crippen molar-refractivity contribution in [3.05, 3.63) is 83.4 Å². The first-order valence-corrected chi connectivity index (χ1v) is 10.8. The highest BCUT2D eigenvalue weighted by Crippen LogP contribution is 2.31. The van der Waals surface area contributed by atoms with Gasteiger partial charge in [-0.2, -0.15) is 0 Å². The number of aryl methyl sites for hydroxylation is 1. The lowest BCUT2D eigenvalue weighted by molar-refractivity contribution is 0.709. The number of hydrogen-bond acceptors (Lipinski definition) is 6. The second-order valence-corrected chi connectivity index (χ2v) is 8.36. The topological polar surface area (TPSA) is 85.8 Å². The van der Waals surface area contributed by atoms with E-state index in [9.17, 15) is 0 Å². The van der Waals surface area contributed by atoms with Gasteiger partial charge in [-0.15, -0.1) is 0 Å². The number of rotatable bonds is 3. The number of hydrogen-bond donors (Lipinski definition) is 1. The molecule has 7 nitrogen and oxygen atoms in total. The standard InChI is InChI=1S/C25H23N7/c1-16-5-4-8-18-11-20(13-32-15-29-22-23(26)27-14-28-25(22)32)24(30-21(16)18)31-10-9-17-6-2-3-7-19(17)12-31/h2-8,11,14-15H,9-10,12-13H2,1H3,(H2,26,27,28). The summed E-state index contributed by atoms with van der Waals surface area (Å²) in [5, 5.41) is 1.14. The maximum absolute atomic E-state index is 6.00. The van der Waals surface area contributed by atoms with Gasteiger partial charge in [-0.1, -0.05) is 42.5 Å². The summed E-state index contributed by atoms with van der Waals surface area (Å²) < 4.78 is 2.02. The Morgan fingerprint density at radius 2 is 1.84 bits per heavy atom. The molecule has 0 atom stereocenters. The quantitative estimate of drug-likeness (QED) is 0.476. The van der Waals surface area contributed by atoms with Crippen molar-refractivity contribution in [2.75, 3.05) is 17.2 Å². The van der Waals surface area contributed by atoms with Crippen LogP contribution in [0.1, 0.15) is 22.3 Å². The van der Waals surface area contributed by atoms with Crippen molar-refractivity contribution in [1.29, 1.82) is 0 Å². The summed E-state index contributed by atoms with van der Waals surface area (Å²) in [6.07, 6.45) is 4.28. The number of fused-ring (bicyclic) bond motifs is 3. The highest BCUT2D eigenvalue weighted by molar-refractivity contribution is 5.85. The number of imidazole rings is 1. The molecule has 2 N–H and O–H groups in total. The fourth-order valence-corrected chi connectivity index (χ4v) is 4.65. The van der Waals surface area contributed by atoms with Gasteiger partial charge in [0, 0.05) is 24.0 Å². The largest absolute Gasteiger partial charge is 0.382 e. The monoisotopic (exact) mass is 421 g/mol. The van der Waals surface area contributed by atoms with E-state index in [2.05, 4.69) is 75.3 Å². The number of benzene rings is 2. The fourth-order valence-electron chi connectivity index (χ4n) is 4.65. The number of para-hydroxylation sites is 1. The molecule has 0 unspecified atom stereocenters. The third-order valence-electron chi connectivity index (χ3n) is 6.30. The molecule has 0 saturated heterocycles. The van der Waals surface area contributed by atoms with Crippen molar-refractivity contribution in [2.24, 2.45) is 0 Å². The molecule has 1 aliphatic heterocycles. The molecule has 0 spiro atoms. The zero-order valence-electron chi connectivity index (χ0n) is 17.9. The molecule has 6 rings (SSSR count). The summed E-state index contributed by atoms with van der Waals surface area (Å²) in [6, 6.07) is 17.3. The van der Waals surface area contributed by atoms with Crippen LogP contribution in [0, 0.1) is 6.92 Å². The van der Waals surface area contributed by atoms with Crippen LogP contribution in [0.2, 0.25) is 0 Å². The van der Waals surface area contributed by atoms with Crippen LogP contribution < -0.4 is 10.6 Å². The maximum Gasteiger partial charge on any atom is 0.165 e. The van der Waals surface area contributed by atoms with Gasteiger partial charge in [0.1, 0.15) is 17.7 Å². The second-order valence-electron chi connectivity index (χ2n) is 8.36. The van der Waals surface area contributed by atoms with E-state index in [4.69, 9.17) is 10.7 Å². The highest BCUT2D eigenvalue weighted by Gasteiger charge is 2.21. The van der Waals surface area contributed by atoms with E-state index in [0.29, 0.717) is 17.9 Å². The number of pyridine rings is 1. The van der Waals surface area contributed by atoms with Crippen LogP contribution in [0.4, 0.5) is 11.6 Å². The smallest absolute Gasteiger partial charge is 0.165 e. The van der Waals surface area contributed by atoms with Gasteiger partial charge in [0.2, 0.25) is 0 Å². The van der Waals surface area contributed by atoms with Crippen LogP contribution in [0.5, 0.6) is 0 Å². The lowest BCUT2D eigenvalue weighted by Crippen LogP contribution is -2.32. The predicted molar refractivity (Wildman–Crippen MR) is 127 cm³/mol. The van der Waals surface area contributed by atoms with Crippen molar-refractivity contribution in [3.63, 3.8) is 0 Å². The molecule has 0 bridgehead atoms. The van der Waals surface area contributed by atoms with Gasteiger partial charge in [0.15, 0.2) is 11.5 Å². The fraction of sp³-hybridized carbons (Fsp3) is 0.200. The highest BCUT2D eigenvalue weighted by atomic mass is 15.2. The van der Waals surface area contributed by atoms with Crippen molar-refractivity contribution in [2.45, 2.75) is 26.4 Å². The van der Waals surface area contributed by atoms with Crippen LogP contribution in [0.3, 0.4) is 0 Å². The van der Waals surface area contributed by atoms with E-state index in [1.54, 1.807) is 6.33 Å². The van der Waals surface area contributed by atoms with E-state index in [1.165, 1.54) is 23.0 Å². The van der Waals surface area contributed by atoms with Crippen molar-refractivity contribution >= 4 is 33.7 Å². The Bertz CT molecular complexity index is 1470. The van der Waals surface area contributed by atoms with Crippen LogP contribution in [0.15, 0.2) is 61.2 Å². The maximum atomic E-state index is 6.00. The summed E-state index contributed by atoms with van der Waals surface area (Å²) in [5.41, 5.74) is 13.5. The predicted octanol–water partition coefficient (Wildman–Crippen LogP) is 3.88. The number of aromatic nitrogens is 5. The molecular formula is C25H23N7. The van der Waals surface area contributed by atoms with Crippen molar-refractivity contribution < 1.29 is 0 Å². The molecule has 5 aromatic rings. The lowest BCUT2D eigenvalue weighted by Gasteiger charge is -2.31. The van der Waals surface area contributed by atoms with Crippen molar-refractivity contribution in [1.82, 2.24) is 24.5 Å². The second kappa shape index (κ2) is 7.30. The van der Waals surface area contributed by atoms with E-state index in [1.807, 2.05) is 4.57 Å². The van der Waals surface area contributed by atoms with E-state index >= 15 is 0 Å². The Balaban J connectivity index is 1.48. The van der Waals surface area contributed by atoms with Crippen LogP contribution >= 0.6 is 0 Å².